The number of aromatic nitrogens is 8. The molecule has 0 saturated carbocycles. The molecular weight excluding hydrogens is 441 g/mol. The SMILES string of the molecule is Cc1cccc2cc([C@@H]3c4nc[nH]c4CCN3C(=O)c3nnc(-c4ccn(C(C)F)n4)o3)nn12. The molecule has 1 unspecified atom stereocenters. The number of carbonyl (C=O) groups is 1. The van der Waals surface area contributed by atoms with E-state index in [2.05, 4.69) is 25.3 Å². The molecule has 2 atom stereocenters. The van der Waals surface area contributed by atoms with E-state index in [4.69, 9.17) is 9.52 Å². The summed E-state index contributed by atoms with van der Waals surface area (Å²) in [5.41, 5.74) is 4.56. The predicted octanol–water partition coefficient (Wildman–Crippen LogP) is 2.89. The van der Waals surface area contributed by atoms with Gasteiger partial charge in [-0.3, -0.25) is 4.79 Å². The van der Waals surface area contributed by atoms with E-state index in [0.29, 0.717) is 18.7 Å². The van der Waals surface area contributed by atoms with Gasteiger partial charge in [-0.1, -0.05) is 6.07 Å². The van der Waals surface area contributed by atoms with Crippen molar-refractivity contribution in [1.82, 2.24) is 44.5 Å². The van der Waals surface area contributed by atoms with Gasteiger partial charge in [-0.05, 0) is 38.1 Å². The first-order chi connectivity index (χ1) is 16.5. The normalized spacial score (nSPS) is 16.7. The Morgan fingerprint density at radius 3 is 2.94 bits per heavy atom. The minimum Gasteiger partial charge on any atom is -0.411 e. The van der Waals surface area contributed by atoms with Crippen molar-refractivity contribution in [2.24, 2.45) is 0 Å². The average molecular weight is 461 g/mol. The maximum atomic E-state index is 13.5. The molecule has 1 aliphatic heterocycles. The van der Waals surface area contributed by atoms with Crippen molar-refractivity contribution >= 4 is 11.4 Å². The minimum atomic E-state index is -1.30. The molecule has 0 aliphatic carbocycles. The van der Waals surface area contributed by atoms with Gasteiger partial charge in [0.25, 0.3) is 5.89 Å². The highest BCUT2D eigenvalue weighted by atomic mass is 19.1. The summed E-state index contributed by atoms with van der Waals surface area (Å²) in [5, 5.41) is 16.7. The summed E-state index contributed by atoms with van der Waals surface area (Å²) in [6.07, 6.45) is 2.39. The van der Waals surface area contributed by atoms with Crippen LogP contribution in [0.5, 0.6) is 0 Å². The molecule has 172 valence electrons. The molecular formula is C22H20FN9O2. The third-order valence-corrected chi connectivity index (χ3v) is 5.96. The van der Waals surface area contributed by atoms with E-state index >= 15 is 0 Å². The number of pyridine rings is 1. The van der Waals surface area contributed by atoms with Crippen LogP contribution in [0.4, 0.5) is 4.39 Å². The van der Waals surface area contributed by atoms with Gasteiger partial charge >= 0.3 is 11.8 Å². The van der Waals surface area contributed by atoms with Crippen molar-refractivity contribution < 1.29 is 13.6 Å². The smallest absolute Gasteiger partial charge is 0.312 e. The monoisotopic (exact) mass is 461 g/mol. The number of alkyl halides is 1. The molecule has 6 rings (SSSR count). The van der Waals surface area contributed by atoms with Crippen molar-refractivity contribution in [3.05, 3.63) is 71.5 Å². The molecule has 0 bridgehead atoms. The molecule has 0 aromatic carbocycles. The van der Waals surface area contributed by atoms with Crippen molar-refractivity contribution in [1.29, 1.82) is 0 Å². The van der Waals surface area contributed by atoms with E-state index in [1.165, 1.54) is 13.1 Å². The van der Waals surface area contributed by atoms with Crippen molar-refractivity contribution in [2.45, 2.75) is 32.6 Å². The summed E-state index contributed by atoms with van der Waals surface area (Å²) >= 11 is 0. The number of imidazole rings is 1. The number of aryl methyl sites for hydroxylation is 1. The van der Waals surface area contributed by atoms with E-state index in [9.17, 15) is 9.18 Å². The van der Waals surface area contributed by atoms with Crippen LogP contribution in [-0.4, -0.2) is 56.9 Å². The molecule has 1 amide bonds. The number of nitrogens with zero attached hydrogens (tertiary/aromatic N) is 8. The Bertz CT molecular complexity index is 1510. The van der Waals surface area contributed by atoms with Crippen LogP contribution >= 0.6 is 0 Å². The highest BCUT2D eigenvalue weighted by Crippen LogP contribution is 2.34. The third-order valence-electron chi connectivity index (χ3n) is 5.96. The second kappa shape index (κ2) is 7.61. The largest absolute Gasteiger partial charge is 0.411 e. The lowest BCUT2D eigenvalue weighted by Crippen LogP contribution is -2.41. The number of halogens is 1. The number of aromatic amines is 1. The first-order valence-corrected chi connectivity index (χ1v) is 10.8. The Labute approximate surface area is 192 Å². The van der Waals surface area contributed by atoms with E-state index < -0.39 is 18.2 Å². The second-order valence-corrected chi connectivity index (χ2v) is 8.16. The predicted molar refractivity (Wildman–Crippen MR) is 116 cm³/mol. The van der Waals surface area contributed by atoms with Crippen LogP contribution in [0.3, 0.4) is 0 Å². The Kier molecular flexibility index (Phi) is 4.54. The van der Waals surface area contributed by atoms with Crippen LogP contribution in [0.1, 0.15) is 52.7 Å². The van der Waals surface area contributed by atoms with Crippen LogP contribution in [0.15, 0.2) is 47.3 Å². The zero-order chi connectivity index (χ0) is 23.4. The Morgan fingerprint density at radius 1 is 1.26 bits per heavy atom. The van der Waals surface area contributed by atoms with E-state index in [1.807, 2.05) is 35.7 Å². The summed E-state index contributed by atoms with van der Waals surface area (Å²) in [6, 6.07) is 8.88. The molecule has 1 aliphatic rings. The first-order valence-electron chi connectivity index (χ1n) is 10.8. The lowest BCUT2D eigenvalue weighted by Gasteiger charge is -2.32. The van der Waals surface area contributed by atoms with Gasteiger partial charge in [0, 0.05) is 30.6 Å². The fourth-order valence-electron chi connectivity index (χ4n) is 4.29. The number of H-pyrrole nitrogens is 1. The summed E-state index contributed by atoms with van der Waals surface area (Å²) in [5.74, 6) is -0.577. The number of fused-ring (bicyclic) bond motifs is 2. The number of nitrogens with one attached hydrogen (secondary N) is 1. The molecule has 6 heterocycles. The number of amides is 1. The maximum absolute atomic E-state index is 13.5. The Balaban J connectivity index is 1.37. The highest BCUT2D eigenvalue weighted by Gasteiger charge is 2.38. The molecule has 0 spiro atoms. The van der Waals surface area contributed by atoms with Crippen molar-refractivity contribution in [3.8, 4) is 11.6 Å². The molecule has 34 heavy (non-hydrogen) atoms. The molecule has 12 heteroatoms. The number of rotatable bonds is 4. The Hall–Kier alpha value is -4.35. The van der Waals surface area contributed by atoms with Crippen LogP contribution in [0.25, 0.3) is 17.1 Å². The van der Waals surface area contributed by atoms with Gasteiger partial charge in [0.2, 0.25) is 0 Å². The van der Waals surface area contributed by atoms with Crippen LogP contribution in [0.2, 0.25) is 0 Å². The van der Waals surface area contributed by atoms with Crippen molar-refractivity contribution in [2.75, 3.05) is 6.54 Å². The summed E-state index contributed by atoms with van der Waals surface area (Å²) < 4.78 is 22.1. The lowest BCUT2D eigenvalue weighted by atomic mass is 9.99. The average Bonchev–Trinajstić information content (AvgIpc) is 3.62. The van der Waals surface area contributed by atoms with Gasteiger partial charge in [0.05, 0.1) is 23.2 Å². The second-order valence-electron chi connectivity index (χ2n) is 8.16. The molecule has 5 aromatic heterocycles. The van der Waals surface area contributed by atoms with Crippen molar-refractivity contribution in [3.63, 3.8) is 0 Å². The zero-order valence-electron chi connectivity index (χ0n) is 18.4. The molecule has 0 radical (unpaired) electrons. The summed E-state index contributed by atoms with van der Waals surface area (Å²) in [7, 11) is 0. The molecule has 0 fully saturated rings. The maximum Gasteiger partial charge on any atom is 0.312 e. The highest BCUT2D eigenvalue weighted by molar-refractivity contribution is 5.90. The summed E-state index contributed by atoms with van der Waals surface area (Å²) in [4.78, 5) is 22.8. The van der Waals surface area contributed by atoms with Gasteiger partial charge < -0.3 is 14.3 Å². The van der Waals surface area contributed by atoms with E-state index in [-0.39, 0.29) is 17.5 Å². The Morgan fingerprint density at radius 2 is 2.15 bits per heavy atom. The van der Waals surface area contributed by atoms with Gasteiger partial charge in [-0.15, -0.1) is 10.2 Å². The number of hydrogen-bond donors (Lipinski definition) is 1. The first kappa shape index (κ1) is 20.3. The molecule has 5 aromatic rings. The fourth-order valence-corrected chi connectivity index (χ4v) is 4.29. The quantitative estimate of drug-likeness (QED) is 0.436. The van der Waals surface area contributed by atoms with Gasteiger partial charge in [-0.25, -0.2) is 18.6 Å². The third kappa shape index (κ3) is 3.17. The van der Waals surface area contributed by atoms with Crippen LogP contribution in [-0.2, 0) is 6.42 Å². The molecule has 1 N–H and O–H groups in total. The van der Waals surface area contributed by atoms with Crippen LogP contribution in [0, 0.1) is 6.92 Å². The van der Waals surface area contributed by atoms with Gasteiger partial charge in [0.1, 0.15) is 11.7 Å². The molecule has 11 nitrogen and oxygen atoms in total. The van der Waals surface area contributed by atoms with Gasteiger partial charge in [-0.2, -0.15) is 10.2 Å². The number of hydrogen-bond acceptors (Lipinski definition) is 7. The molecule has 0 saturated heterocycles. The van der Waals surface area contributed by atoms with Gasteiger partial charge in [0.15, 0.2) is 6.30 Å². The summed E-state index contributed by atoms with van der Waals surface area (Å²) in [6.45, 7) is 3.75. The lowest BCUT2D eigenvalue weighted by molar-refractivity contribution is 0.0646. The zero-order valence-corrected chi connectivity index (χ0v) is 18.4. The fraction of sp³-hybridized carbons (Fsp3) is 0.273. The topological polar surface area (TPSA) is 123 Å². The standard InChI is InChI=1S/C22H20FN9O2/c1-12-4-3-5-14-10-17(29-32(12)14)19-18-15(24-11-25-18)6-8-30(19)22(33)21-27-26-20(34-21)16-7-9-31(28-16)13(2)23/h3-5,7,9-11,13,19H,6,8H2,1-2H3,(H,24,25)/t13?,19-/m1/s1. The van der Waals surface area contributed by atoms with Crippen LogP contribution < -0.4 is 0 Å². The van der Waals surface area contributed by atoms with E-state index in [0.717, 1.165) is 27.3 Å². The number of carbonyl (C=O) groups excluding carboxylic acids is 1. The minimum absolute atomic E-state index is 0.0418. The van der Waals surface area contributed by atoms with E-state index in [1.54, 1.807) is 17.3 Å².